The van der Waals surface area contributed by atoms with E-state index in [0.717, 1.165) is 17.0 Å². The molecule has 2 N–H and O–H groups in total. The molecule has 1 atom stereocenters. The van der Waals surface area contributed by atoms with E-state index < -0.39 is 23.8 Å². The molecule has 178 valence electrons. The molecular formula is C20H25F2N7O4. The van der Waals surface area contributed by atoms with Gasteiger partial charge in [-0.15, -0.1) is 10.2 Å². The van der Waals surface area contributed by atoms with Crippen LogP contribution in [0.1, 0.15) is 31.6 Å². The molecule has 0 unspecified atom stereocenters. The molecule has 1 aromatic heterocycles. The Morgan fingerprint density at radius 3 is 2.61 bits per heavy atom. The largest absolute Gasteiger partial charge is 0.442 e. The summed E-state index contributed by atoms with van der Waals surface area (Å²) >= 11 is 0. The van der Waals surface area contributed by atoms with Crippen LogP contribution >= 0.6 is 0 Å². The van der Waals surface area contributed by atoms with Crippen LogP contribution in [0.25, 0.3) is 0 Å². The summed E-state index contributed by atoms with van der Waals surface area (Å²) in [6.07, 6.45) is 0.130. The van der Waals surface area contributed by atoms with Gasteiger partial charge in [0, 0.05) is 38.6 Å². The monoisotopic (exact) mass is 465 g/mol. The van der Waals surface area contributed by atoms with Crippen molar-refractivity contribution >= 4 is 23.4 Å². The number of hydrogen-bond acceptors (Lipinski definition) is 8. The number of ether oxygens (including phenoxy) is 1. The second-order valence-electron chi connectivity index (χ2n) is 8.03. The highest BCUT2D eigenvalue weighted by Gasteiger charge is 2.34. The standard InChI is InChI=1S/C20H25F2N7O4/c1-12(31)23-10-15-11-28(20(32)33-15)14-8-16(21)19(17(22)9-14)27-5-2-13(3-6-27)29-25-18(4-7-30)24-26-29/h8-9,13,15,30H,2-7,10-11H2,1H3,(H,23,31)/t15-/m0/s1. The molecule has 0 radical (unpaired) electrons. The summed E-state index contributed by atoms with van der Waals surface area (Å²) in [5, 5.41) is 23.7. The van der Waals surface area contributed by atoms with Crippen LogP contribution in [-0.2, 0) is 16.0 Å². The number of aliphatic hydroxyl groups excluding tert-OH is 1. The smallest absolute Gasteiger partial charge is 0.414 e. The Hall–Kier alpha value is -3.35. The van der Waals surface area contributed by atoms with E-state index in [0.29, 0.717) is 38.2 Å². The van der Waals surface area contributed by atoms with Crippen LogP contribution < -0.4 is 15.1 Å². The minimum atomic E-state index is -0.773. The highest BCUT2D eigenvalue weighted by molar-refractivity contribution is 5.90. The summed E-state index contributed by atoms with van der Waals surface area (Å²) in [6.45, 7) is 2.25. The number of rotatable bonds is 7. The van der Waals surface area contributed by atoms with Gasteiger partial charge in [0.25, 0.3) is 0 Å². The SMILES string of the molecule is CC(=O)NC[C@H]1CN(c2cc(F)c(N3CCC(n4nnc(CCO)n4)CC3)c(F)c2)C(=O)O1. The molecule has 2 saturated heterocycles. The predicted molar refractivity (Wildman–Crippen MR) is 112 cm³/mol. The summed E-state index contributed by atoms with van der Waals surface area (Å²) in [7, 11) is 0. The number of nitrogens with zero attached hydrogens (tertiary/aromatic N) is 6. The van der Waals surface area contributed by atoms with Crippen LogP contribution in [0, 0.1) is 11.6 Å². The van der Waals surface area contributed by atoms with Crippen molar-refractivity contribution in [3.8, 4) is 0 Å². The zero-order chi connectivity index (χ0) is 23.5. The first-order chi connectivity index (χ1) is 15.9. The Bertz CT molecular complexity index is 1000. The van der Waals surface area contributed by atoms with Gasteiger partial charge < -0.3 is 20.1 Å². The lowest BCUT2D eigenvalue weighted by Crippen LogP contribution is -2.36. The summed E-state index contributed by atoms with van der Waals surface area (Å²) in [5.74, 6) is -1.36. The van der Waals surface area contributed by atoms with E-state index in [1.807, 2.05) is 0 Å². The summed E-state index contributed by atoms with van der Waals surface area (Å²) in [4.78, 5) is 27.5. The average Bonchev–Trinajstić information content (AvgIpc) is 3.39. The number of aliphatic hydroxyl groups is 1. The summed E-state index contributed by atoms with van der Waals surface area (Å²) in [6, 6.07) is 2.19. The summed E-state index contributed by atoms with van der Waals surface area (Å²) in [5.41, 5.74) is -0.0886. The highest BCUT2D eigenvalue weighted by Crippen LogP contribution is 2.33. The molecule has 0 bridgehead atoms. The highest BCUT2D eigenvalue weighted by atomic mass is 19.1. The van der Waals surface area contributed by atoms with E-state index in [-0.39, 0.29) is 43.0 Å². The fourth-order valence-electron chi connectivity index (χ4n) is 4.04. The molecule has 13 heteroatoms. The number of piperidine rings is 1. The number of hydrogen-bond donors (Lipinski definition) is 2. The maximum Gasteiger partial charge on any atom is 0.414 e. The van der Waals surface area contributed by atoms with Gasteiger partial charge in [-0.1, -0.05) is 0 Å². The van der Waals surface area contributed by atoms with E-state index in [1.165, 1.54) is 11.7 Å². The number of carbonyl (C=O) groups excluding carboxylic acids is 2. The second-order valence-corrected chi connectivity index (χ2v) is 8.03. The van der Waals surface area contributed by atoms with Crippen molar-refractivity contribution in [1.82, 2.24) is 25.5 Å². The number of cyclic esters (lactones) is 1. The average molecular weight is 465 g/mol. The lowest BCUT2D eigenvalue weighted by atomic mass is 10.0. The third-order valence-electron chi connectivity index (χ3n) is 5.68. The fraction of sp³-hybridized carbons (Fsp3) is 0.550. The van der Waals surface area contributed by atoms with Gasteiger partial charge in [0.05, 0.1) is 31.4 Å². The molecule has 1 aromatic carbocycles. The van der Waals surface area contributed by atoms with Crippen molar-refractivity contribution in [2.24, 2.45) is 0 Å². The van der Waals surface area contributed by atoms with Gasteiger partial charge in [-0.05, 0) is 18.1 Å². The molecule has 33 heavy (non-hydrogen) atoms. The van der Waals surface area contributed by atoms with E-state index >= 15 is 0 Å². The van der Waals surface area contributed by atoms with E-state index in [2.05, 4.69) is 20.7 Å². The lowest BCUT2D eigenvalue weighted by molar-refractivity contribution is -0.119. The van der Waals surface area contributed by atoms with Crippen molar-refractivity contribution in [2.45, 2.75) is 38.3 Å². The van der Waals surface area contributed by atoms with Crippen LogP contribution in [0.5, 0.6) is 0 Å². The van der Waals surface area contributed by atoms with Crippen LogP contribution in [-0.4, -0.2) is 76.2 Å². The van der Waals surface area contributed by atoms with E-state index in [1.54, 1.807) is 4.90 Å². The fourth-order valence-corrected chi connectivity index (χ4v) is 4.04. The second kappa shape index (κ2) is 9.65. The molecule has 2 aromatic rings. The van der Waals surface area contributed by atoms with Crippen molar-refractivity contribution < 1.29 is 28.2 Å². The number of tetrazole rings is 1. The molecule has 3 heterocycles. The quantitative estimate of drug-likeness (QED) is 0.615. The van der Waals surface area contributed by atoms with Crippen molar-refractivity contribution in [2.75, 3.05) is 42.6 Å². The van der Waals surface area contributed by atoms with Crippen molar-refractivity contribution in [3.05, 3.63) is 29.6 Å². The molecule has 0 saturated carbocycles. The van der Waals surface area contributed by atoms with Crippen LogP contribution in [0.2, 0.25) is 0 Å². The number of nitrogens with one attached hydrogen (secondary N) is 1. The number of halogens is 2. The van der Waals surface area contributed by atoms with Crippen LogP contribution in [0.4, 0.5) is 25.0 Å². The first-order valence-electron chi connectivity index (χ1n) is 10.7. The maximum absolute atomic E-state index is 15.0. The molecule has 0 spiro atoms. The molecule has 11 nitrogen and oxygen atoms in total. The number of amides is 2. The first-order valence-corrected chi connectivity index (χ1v) is 10.7. The predicted octanol–water partition coefficient (Wildman–Crippen LogP) is 0.789. The molecular weight excluding hydrogens is 440 g/mol. The third-order valence-corrected chi connectivity index (χ3v) is 5.68. The molecule has 2 aliphatic heterocycles. The van der Waals surface area contributed by atoms with Crippen molar-refractivity contribution in [1.29, 1.82) is 0 Å². The Balaban J connectivity index is 1.41. The number of anilines is 2. The van der Waals surface area contributed by atoms with E-state index in [9.17, 15) is 18.4 Å². The minimum Gasteiger partial charge on any atom is -0.442 e. The van der Waals surface area contributed by atoms with Crippen LogP contribution in [0.3, 0.4) is 0 Å². The van der Waals surface area contributed by atoms with Gasteiger partial charge in [-0.2, -0.15) is 4.80 Å². The molecule has 2 fully saturated rings. The first kappa shape index (κ1) is 22.8. The lowest BCUT2D eigenvalue weighted by Gasteiger charge is -2.33. The van der Waals surface area contributed by atoms with Crippen molar-refractivity contribution in [3.63, 3.8) is 0 Å². The van der Waals surface area contributed by atoms with Gasteiger partial charge in [0.1, 0.15) is 11.8 Å². The maximum atomic E-state index is 15.0. The normalized spacial score (nSPS) is 19.2. The zero-order valence-electron chi connectivity index (χ0n) is 18.1. The molecule has 2 amide bonds. The Kier molecular flexibility index (Phi) is 6.67. The Morgan fingerprint density at radius 1 is 1.27 bits per heavy atom. The topological polar surface area (TPSA) is 126 Å². The molecule has 2 aliphatic rings. The van der Waals surface area contributed by atoms with Gasteiger partial charge in [0.2, 0.25) is 5.91 Å². The molecule has 0 aliphatic carbocycles. The zero-order valence-corrected chi connectivity index (χ0v) is 18.1. The van der Waals surface area contributed by atoms with Gasteiger partial charge in [-0.25, -0.2) is 13.6 Å². The Labute approximate surface area is 188 Å². The third kappa shape index (κ3) is 5.02. The van der Waals surface area contributed by atoms with E-state index in [4.69, 9.17) is 9.84 Å². The van der Waals surface area contributed by atoms with Crippen LogP contribution in [0.15, 0.2) is 12.1 Å². The molecule has 4 rings (SSSR count). The minimum absolute atomic E-state index is 0.0495. The number of aromatic nitrogens is 4. The van der Waals surface area contributed by atoms with Gasteiger partial charge >= 0.3 is 6.09 Å². The summed E-state index contributed by atoms with van der Waals surface area (Å²) < 4.78 is 35.1. The van der Waals surface area contributed by atoms with Gasteiger partial charge in [-0.3, -0.25) is 9.69 Å². The number of benzene rings is 1. The van der Waals surface area contributed by atoms with Gasteiger partial charge in [0.15, 0.2) is 17.5 Å². The number of carbonyl (C=O) groups is 2. The Morgan fingerprint density at radius 2 is 1.97 bits per heavy atom.